The molecule has 1 aromatic heterocycles. The van der Waals surface area contributed by atoms with Gasteiger partial charge in [-0.25, -0.2) is 9.78 Å². The van der Waals surface area contributed by atoms with Gasteiger partial charge in [0.15, 0.2) is 5.13 Å². The van der Waals surface area contributed by atoms with Crippen LogP contribution in [0, 0.1) is 13.8 Å². The third-order valence-corrected chi connectivity index (χ3v) is 4.77. The van der Waals surface area contributed by atoms with Crippen LogP contribution in [-0.2, 0) is 0 Å². The molecule has 3 aromatic rings. The molecule has 0 saturated carbocycles. The first-order valence-corrected chi connectivity index (χ1v) is 9.50. The van der Waals surface area contributed by atoms with Gasteiger partial charge in [-0.05, 0) is 63.1 Å². The quantitative estimate of drug-likeness (QED) is 0.612. The lowest BCUT2D eigenvalue weighted by atomic mass is 10.1. The molecular weight excluding hydrogens is 360 g/mol. The zero-order valence-electron chi connectivity index (χ0n) is 15.7. The number of nitrogens with one attached hydrogen (secondary N) is 3. The van der Waals surface area contributed by atoms with Crippen LogP contribution in [0.15, 0.2) is 36.4 Å². The molecule has 0 aliphatic heterocycles. The fourth-order valence-electron chi connectivity index (χ4n) is 2.76. The Balaban J connectivity index is 1.75. The fourth-order valence-corrected chi connectivity index (χ4v) is 3.80. The van der Waals surface area contributed by atoms with E-state index < -0.39 is 0 Å². The molecule has 27 heavy (non-hydrogen) atoms. The SMILES string of the molecule is Cc1cc(C)c2nc(NC(=O)c3cccc(NC(=O)NC(C)C)c3)sc2c1. The molecule has 0 saturated heterocycles. The second-order valence-electron chi connectivity index (χ2n) is 6.74. The number of thiazole rings is 1. The predicted octanol–water partition coefficient (Wildman–Crippen LogP) is 4.70. The lowest BCUT2D eigenvalue weighted by molar-refractivity contribution is 0.102. The van der Waals surface area contributed by atoms with Crippen molar-refractivity contribution in [1.29, 1.82) is 0 Å². The predicted molar refractivity (Wildman–Crippen MR) is 111 cm³/mol. The number of carbonyl (C=O) groups excluding carboxylic acids is 2. The molecule has 140 valence electrons. The van der Waals surface area contributed by atoms with Crippen LogP contribution in [0.4, 0.5) is 15.6 Å². The van der Waals surface area contributed by atoms with E-state index in [1.807, 2.05) is 27.7 Å². The number of hydrogen-bond donors (Lipinski definition) is 3. The van der Waals surface area contributed by atoms with Crippen molar-refractivity contribution in [3.05, 3.63) is 53.1 Å². The molecule has 0 bridgehead atoms. The van der Waals surface area contributed by atoms with Crippen molar-refractivity contribution < 1.29 is 9.59 Å². The first-order chi connectivity index (χ1) is 12.8. The Morgan fingerprint density at radius 2 is 1.85 bits per heavy atom. The molecule has 0 fully saturated rings. The van der Waals surface area contributed by atoms with Gasteiger partial charge >= 0.3 is 6.03 Å². The van der Waals surface area contributed by atoms with Gasteiger partial charge in [-0.3, -0.25) is 10.1 Å². The topological polar surface area (TPSA) is 83.1 Å². The maximum Gasteiger partial charge on any atom is 0.319 e. The van der Waals surface area contributed by atoms with Crippen LogP contribution < -0.4 is 16.0 Å². The molecule has 2 aromatic carbocycles. The summed E-state index contributed by atoms with van der Waals surface area (Å²) in [6, 6.07) is 10.7. The maximum absolute atomic E-state index is 12.6. The summed E-state index contributed by atoms with van der Waals surface area (Å²) in [6.45, 7) is 7.81. The number of aromatic nitrogens is 1. The van der Waals surface area contributed by atoms with Crippen molar-refractivity contribution >= 4 is 44.3 Å². The Hall–Kier alpha value is -2.93. The van der Waals surface area contributed by atoms with Crippen molar-refractivity contribution in [2.24, 2.45) is 0 Å². The van der Waals surface area contributed by atoms with E-state index in [0.717, 1.165) is 15.8 Å². The van der Waals surface area contributed by atoms with Gasteiger partial charge in [0.25, 0.3) is 5.91 Å². The van der Waals surface area contributed by atoms with E-state index in [0.29, 0.717) is 16.4 Å². The van der Waals surface area contributed by atoms with Crippen molar-refractivity contribution in [2.75, 3.05) is 10.6 Å². The van der Waals surface area contributed by atoms with Gasteiger partial charge in [0, 0.05) is 17.3 Å². The number of rotatable bonds is 4. The second kappa shape index (κ2) is 7.75. The van der Waals surface area contributed by atoms with Gasteiger partial charge < -0.3 is 10.6 Å². The highest BCUT2D eigenvalue weighted by Crippen LogP contribution is 2.29. The summed E-state index contributed by atoms with van der Waals surface area (Å²) in [5.41, 5.74) is 4.16. The third-order valence-electron chi connectivity index (χ3n) is 3.85. The number of anilines is 2. The largest absolute Gasteiger partial charge is 0.336 e. The Kier molecular flexibility index (Phi) is 5.41. The first-order valence-electron chi connectivity index (χ1n) is 8.68. The Morgan fingerprint density at radius 3 is 2.59 bits per heavy atom. The molecule has 7 heteroatoms. The van der Waals surface area contributed by atoms with E-state index in [1.165, 1.54) is 16.9 Å². The summed E-state index contributed by atoms with van der Waals surface area (Å²) in [4.78, 5) is 28.9. The third kappa shape index (κ3) is 4.62. The lowest BCUT2D eigenvalue weighted by Gasteiger charge is -2.10. The van der Waals surface area contributed by atoms with Crippen LogP contribution in [-0.4, -0.2) is 23.0 Å². The molecule has 0 spiro atoms. The van der Waals surface area contributed by atoms with Gasteiger partial charge in [-0.1, -0.05) is 23.5 Å². The Labute approximate surface area is 162 Å². The number of fused-ring (bicyclic) bond motifs is 1. The summed E-state index contributed by atoms with van der Waals surface area (Å²) in [5.74, 6) is -0.267. The van der Waals surface area contributed by atoms with Gasteiger partial charge in [-0.2, -0.15) is 0 Å². The summed E-state index contributed by atoms with van der Waals surface area (Å²) < 4.78 is 1.04. The smallest absolute Gasteiger partial charge is 0.319 e. The van der Waals surface area contributed by atoms with Crippen LogP contribution in [0.5, 0.6) is 0 Å². The number of hydrogen-bond acceptors (Lipinski definition) is 4. The van der Waals surface area contributed by atoms with Crippen LogP contribution in [0.25, 0.3) is 10.2 Å². The van der Waals surface area contributed by atoms with Crippen molar-refractivity contribution in [3.63, 3.8) is 0 Å². The molecule has 0 radical (unpaired) electrons. The minimum atomic E-state index is -0.306. The fraction of sp³-hybridized carbons (Fsp3) is 0.250. The standard InChI is InChI=1S/C20H22N4O2S/c1-11(2)21-19(26)22-15-7-5-6-14(10-15)18(25)24-20-23-17-13(4)8-12(3)9-16(17)27-20/h5-11H,1-4H3,(H2,21,22,26)(H,23,24,25). The van der Waals surface area contributed by atoms with Gasteiger partial charge in [0.2, 0.25) is 0 Å². The van der Waals surface area contributed by atoms with E-state index in [9.17, 15) is 9.59 Å². The molecule has 1 heterocycles. The molecule has 3 amide bonds. The van der Waals surface area contributed by atoms with Crippen molar-refractivity contribution in [3.8, 4) is 0 Å². The van der Waals surface area contributed by atoms with Crippen LogP contribution in [0.1, 0.15) is 35.3 Å². The second-order valence-corrected chi connectivity index (χ2v) is 7.77. The Bertz CT molecular complexity index is 1010. The number of amides is 3. The number of carbonyl (C=O) groups is 2. The number of aryl methyl sites for hydroxylation is 2. The molecule has 3 N–H and O–H groups in total. The minimum absolute atomic E-state index is 0.0302. The highest BCUT2D eigenvalue weighted by Gasteiger charge is 2.12. The van der Waals surface area contributed by atoms with E-state index in [-0.39, 0.29) is 18.0 Å². The number of urea groups is 1. The highest BCUT2D eigenvalue weighted by molar-refractivity contribution is 7.22. The highest BCUT2D eigenvalue weighted by atomic mass is 32.1. The van der Waals surface area contributed by atoms with Gasteiger partial charge in [0.1, 0.15) is 0 Å². The maximum atomic E-state index is 12.6. The van der Waals surface area contributed by atoms with Crippen molar-refractivity contribution in [1.82, 2.24) is 10.3 Å². The zero-order chi connectivity index (χ0) is 19.6. The summed E-state index contributed by atoms with van der Waals surface area (Å²) >= 11 is 1.45. The summed E-state index contributed by atoms with van der Waals surface area (Å²) in [7, 11) is 0. The molecule has 0 unspecified atom stereocenters. The molecule has 0 aliphatic carbocycles. The normalized spacial score (nSPS) is 10.9. The van der Waals surface area contributed by atoms with Crippen LogP contribution >= 0.6 is 11.3 Å². The van der Waals surface area contributed by atoms with E-state index in [1.54, 1.807) is 24.3 Å². The lowest BCUT2D eigenvalue weighted by Crippen LogP contribution is -2.34. The summed E-state index contributed by atoms with van der Waals surface area (Å²) in [6.07, 6.45) is 0. The molecule has 3 rings (SSSR count). The number of benzene rings is 2. The Morgan fingerprint density at radius 1 is 1.07 bits per heavy atom. The average Bonchev–Trinajstić information content (AvgIpc) is 2.96. The molecule has 6 nitrogen and oxygen atoms in total. The summed E-state index contributed by atoms with van der Waals surface area (Å²) in [5, 5.41) is 8.87. The average molecular weight is 382 g/mol. The zero-order valence-corrected chi connectivity index (χ0v) is 16.5. The monoisotopic (exact) mass is 382 g/mol. The van der Waals surface area contributed by atoms with E-state index >= 15 is 0 Å². The minimum Gasteiger partial charge on any atom is -0.336 e. The van der Waals surface area contributed by atoms with E-state index in [4.69, 9.17) is 0 Å². The van der Waals surface area contributed by atoms with Gasteiger partial charge in [-0.15, -0.1) is 0 Å². The molecule has 0 aliphatic rings. The van der Waals surface area contributed by atoms with Crippen LogP contribution in [0.2, 0.25) is 0 Å². The first kappa shape index (κ1) is 18.8. The van der Waals surface area contributed by atoms with E-state index in [2.05, 4.69) is 33.1 Å². The number of nitrogens with zero attached hydrogens (tertiary/aromatic N) is 1. The van der Waals surface area contributed by atoms with Gasteiger partial charge in [0.05, 0.1) is 10.2 Å². The van der Waals surface area contributed by atoms with Crippen LogP contribution in [0.3, 0.4) is 0 Å². The van der Waals surface area contributed by atoms with Crippen molar-refractivity contribution in [2.45, 2.75) is 33.7 Å². The molecule has 0 atom stereocenters. The molecular formula is C20H22N4O2S.